The molecule has 0 radical (unpaired) electrons. The fourth-order valence-electron chi connectivity index (χ4n) is 2.52. The van der Waals surface area contributed by atoms with E-state index in [0.717, 1.165) is 11.1 Å². The summed E-state index contributed by atoms with van der Waals surface area (Å²) in [4.78, 5) is 14.1. The number of benzene rings is 2. The first-order valence-corrected chi connectivity index (χ1v) is 7.03. The summed E-state index contributed by atoms with van der Waals surface area (Å²) in [7, 11) is 0. The molecule has 3 rings (SSSR count). The summed E-state index contributed by atoms with van der Waals surface area (Å²) in [5, 5.41) is 0. The summed E-state index contributed by atoms with van der Waals surface area (Å²) < 4.78 is 5.08. The number of aromatic amines is 1. The smallest absolute Gasteiger partial charge is 0.408 e. The van der Waals surface area contributed by atoms with Gasteiger partial charge >= 0.3 is 5.76 Å². The average Bonchev–Trinajstić information content (AvgIpc) is 2.86. The normalized spacial score (nSPS) is 12.4. The SMILES string of the molecule is CC(C)c1ccc(C(N)c2cccc3oc(=O)[nH]c23)cc1.Cl. The molecule has 1 unspecified atom stereocenters. The Kier molecular flexibility index (Phi) is 4.74. The van der Waals surface area contributed by atoms with E-state index in [2.05, 4.69) is 31.0 Å². The first-order chi connectivity index (χ1) is 10.1. The van der Waals surface area contributed by atoms with Crippen LogP contribution in [-0.2, 0) is 0 Å². The molecule has 1 atom stereocenters. The molecule has 0 aliphatic rings. The van der Waals surface area contributed by atoms with Gasteiger partial charge in [0.25, 0.3) is 0 Å². The lowest BCUT2D eigenvalue weighted by Crippen LogP contribution is -2.12. The monoisotopic (exact) mass is 318 g/mol. The number of hydrogen-bond acceptors (Lipinski definition) is 3. The van der Waals surface area contributed by atoms with Crippen LogP contribution < -0.4 is 11.5 Å². The molecular formula is C17H19ClN2O2. The largest absolute Gasteiger partial charge is 0.417 e. The molecule has 22 heavy (non-hydrogen) atoms. The fourth-order valence-corrected chi connectivity index (χ4v) is 2.52. The van der Waals surface area contributed by atoms with Gasteiger partial charge in [0.05, 0.1) is 11.6 Å². The molecule has 0 aliphatic heterocycles. The molecule has 2 aromatic carbocycles. The van der Waals surface area contributed by atoms with Crippen molar-refractivity contribution in [1.29, 1.82) is 0 Å². The Morgan fingerprint density at radius 1 is 1.05 bits per heavy atom. The highest BCUT2D eigenvalue weighted by molar-refractivity contribution is 5.85. The van der Waals surface area contributed by atoms with Crippen LogP contribution in [0, 0.1) is 0 Å². The second-order valence-corrected chi connectivity index (χ2v) is 5.53. The molecule has 3 N–H and O–H groups in total. The molecule has 116 valence electrons. The minimum atomic E-state index is -0.459. The number of halogens is 1. The predicted octanol–water partition coefficient (Wildman–Crippen LogP) is 3.71. The van der Waals surface area contributed by atoms with Gasteiger partial charge in [0.15, 0.2) is 5.58 Å². The molecule has 5 heteroatoms. The number of H-pyrrole nitrogens is 1. The van der Waals surface area contributed by atoms with Gasteiger partial charge < -0.3 is 10.2 Å². The number of hydrogen-bond donors (Lipinski definition) is 2. The van der Waals surface area contributed by atoms with Crippen molar-refractivity contribution in [2.75, 3.05) is 0 Å². The molecule has 0 bridgehead atoms. The summed E-state index contributed by atoms with van der Waals surface area (Å²) in [6.07, 6.45) is 0. The van der Waals surface area contributed by atoms with Gasteiger partial charge in [-0.2, -0.15) is 0 Å². The van der Waals surface area contributed by atoms with Crippen molar-refractivity contribution in [1.82, 2.24) is 4.98 Å². The van der Waals surface area contributed by atoms with E-state index in [0.29, 0.717) is 17.0 Å². The van der Waals surface area contributed by atoms with Crippen molar-refractivity contribution in [2.24, 2.45) is 5.73 Å². The minimum Gasteiger partial charge on any atom is -0.408 e. The number of fused-ring (bicyclic) bond motifs is 1. The minimum absolute atomic E-state index is 0. The second kappa shape index (κ2) is 6.38. The van der Waals surface area contributed by atoms with Gasteiger partial charge in [-0.05, 0) is 23.1 Å². The molecule has 0 spiro atoms. The highest BCUT2D eigenvalue weighted by Crippen LogP contribution is 2.26. The summed E-state index contributed by atoms with van der Waals surface area (Å²) in [5.41, 5.74) is 10.7. The molecule has 0 saturated carbocycles. The standard InChI is InChI=1S/C17H18N2O2.ClH/c1-10(2)11-6-8-12(9-7-11)15(18)13-4-3-5-14-16(13)19-17(20)21-14;/h3-10,15H,18H2,1-2H3,(H,19,20);1H. The molecule has 3 aromatic rings. The lowest BCUT2D eigenvalue weighted by atomic mass is 9.95. The van der Waals surface area contributed by atoms with E-state index in [4.69, 9.17) is 10.2 Å². The molecule has 1 heterocycles. The molecule has 1 aromatic heterocycles. The van der Waals surface area contributed by atoms with Crippen molar-refractivity contribution in [2.45, 2.75) is 25.8 Å². The predicted molar refractivity (Wildman–Crippen MR) is 90.6 cm³/mol. The summed E-state index contributed by atoms with van der Waals surface area (Å²) >= 11 is 0. The van der Waals surface area contributed by atoms with Gasteiger partial charge in [-0.15, -0.1) is 12.4 Å². The zero-order valence-corrected chi connectivity index (χ0v) is 13.3. The maximum Gasteiger partial charge on any atom is 0.417 e. The lowest BCUT2D eigenvalue weighted by molar-refractivity contribution is 0.555. The average molecular weight is 319 g/mol. The summed E-state index contributed by atoms with van der Waals surface area (Å²) in [6.45, 7) is 4.32. The molecule has 4 nitrogen and oxygen atoms in total. The van der Waals surface area contributed by atoms with E-state index in [1.807, 2.05) is 24.3 Å². The van der Waals surface area contributed by atoms with Gasteiger partial charge in [0.2, 0.25) is 0 Å². The number of aromatic nitrogens is 1. The topological polar surface area (TPSA) is 72.0 Å². The summed E-state index contributed by atoms with van der Waals surface area (Å²) in [5.74, 6) is 0.0312. The highest BCUT2D eigenvalue weighted by atomic mass is 35.5. The van der Waals surface area contributed by atoms with Crippen molar-refractivity contribution in [3.8, 4) is 0 Å². The molecular weight excluding hydrogens is 300 g/mol. The van der Waals surface area contributed by atoms with E-state index in [1.54, 1.807) is 6.07 Å². The van der Waals surface area contributed by atoms with Crippen LogP contribution in [0.2, 0.25) is 0 Å². The number of rotatable bonds is 3. The number of nitrogens with two attached hydrogens (primary N) is 1. The van der Waals surface area contributed by atoms with E-state index < -0.39 is 5.76 Å². The van der Waals surface area contributed by atoms with Crippen LogP contribution in [0.3, 0.4) is 0 Å². The molecule has 0 amide bonds. The maximum atomic E-state index is 11.4. The van der Waals surface area contributed by atoms with Gasteiger partial charge in [-0.1, -0.05) is 50.2 Å². The zero-order valence-electron chi connectivity index (χ0n) is 12.5. The van der Waals surface area contributed by atoms with Gasteiger partial charge in [-0.25, -0.2) is 4.79 Å². The van der Waals surface area contributed by atoms with Gasteiger partial charge in [0, 0.05) is 5.56 Å². The Balaban J connectivity index is 0.00000176. The van der Waals surface area contributed by atoms with Crippen molar-refractivity contribution in [3.63, 3.8) is 0 Å². The van der Waals surface area contributed by atoms with Crippen molar-refractivity contribution < 1.29 is 4.42 Å². The quantitative estimate of drug-likeness (QED) is 0.773. The number of nitrogens with one attached hydrogen (secondary N) is 1. The maximum absolute atomic E-state index is 11.4. The first kappa shape index (κ1) is 16.3. The lowest BCUT2D eigenvalue weighted by Gasteiger charge is -2.14. The number of oxazole rings is 1. The zero-order chi connectivity index (χ0) is 15.0. The van der Waals surface area contributed by atoms with E-state index >= 15 is 0 Å². The van der Waals surface area contributed by atoms with Crippen LogP contribution in [0.1, 0.15) is 42.5 Å². The molecule has 0 fully saturated rings. The van der Waals surface area contributed by atoms with E-state index in [1.165, 1.54) is 5.56 Å². The van der Waals surface area contributed by atoms with Crippen molar-refractivity contribution >= 4 is 23.5 Å². The third-order valence-corrected chi connectivity index (χ3v) is 3.79. The third kappa shape index (κ3) is 2.93. The van der Waals surface area contributed by atoms with Crippen molar-refractivity contribution in [3.05, 3.63) is 69.7 Å². The molecule has 0 saturated heterocycles. The van der Waals surface area contributed by atoms with Crippen LogP contribution >= 0.6 is 12.4 Å². The Hall–Kier alpha value is -2.04. The van der Waals surface area contributed by atoms with Gasteiger partial charge in [-0.3, -0.25) is 4.98 Å². The Morgan fingerprint density at radius 2 is 1.68 bits per heavy atom. The Bertz CT molecular complexity index is 819. The third-order valence-electron chi connectivity index (χ3n) is 3.79. The van der Waals surface area contributed by atoms with Gasteiger partial charge in [0.1, 0.15) is 0 Å². The molecule has 0 aliphatic carbocycles. The Labute approximate surface area is 134 Å². The van der Waals surface area contributed by atoms with Crippen LogP contribution in [0.15, 0.2) is 51.7 Å². The van der Waals surface area contributed by atoms with E-state index in [9.17, 15) is 4.79 Å². The fraction of sp³-hybridized carbons (Fsp3) is 0.235. The highest BCUT2D eigenvalue weighted by Gasteiger charge is 2.15. The van der Waals surface area contributed by atoms with Crippen LogP contribution in [0.5, 0.6) is 0 Å². The number of para-hydroxylation sites is 1. The second-order valence-electron chi connectivity index (χ2n) is 5.53. The van der Waals surface area contributed by atoms with Crippen LogP contribution in [-0.4, -0.2) is 4.98 Å². The van der Waals surface area contributed by atoms with Crippen LogP contribution in [0.25, 0.3) is 11.1 Å². The summed E-state index contributed by atoms with van der Waals surface area (Å²) in [6, 6.07) is 13.5. The van der Waals surface area contributed by atoms with Crippen LogP contribution in [0.4, 0.5) is 0 Å². The van der Waals surface area contributed by atoms with E-state index in [-0.39, 0.29) is 18.4 Å². The first-order valence-electron chi connectivity index (χ1n) is 7.03. The Morgan fingerprint density at radius 3 is 2.32 bits per heavy atom.